The van der Waals surface area contributed by atoms with E-state index in [4.69, 9.17) is 10.5 Å². The molecule has 0 radical (unpaired) electrons. The van der Waals surface area contributed by atoms with Crippen LogP contribution in [0.5, 0.6) is 5.75 Å². The molecule has 1 saturated heterocycles. The maximum absolute atomic E-state index is 12.5. The minimum atomic E-state index is -3.77. The third kappa shape index (κ3) is 2.90. The van der Waals surface area contributed by atoms with Gasteiger partial charge in [0.1, 0.15) is 5.75 Å². The van der Waals surface area contributed by atoms with Gasteiger partial charge in [-0.15, -0.1) is 0 Å². The fourth-order valence-corrected chi connectivity index (χ4v) is 6.70. The second-order valence-electron chi connectivity index (χ2n) is 4.70. The maximum Gasteiger partial charge on any atom is 0.184 e. The lowest BCUT2D eigenvalue weighted by Crippen LogP contribution is -2.23. The fraction of sp³-hybridized carbons (Fsp3) is 0.500. The van der Waals surface area contributed by atoms with Crippen molar-refractivity contribution in [2.45, 2.75) is 23.5 Å². The number of nitrogen functional groups attached to an aromatic ring is 1. The summed E-state index contributed by atoms with van der Waals surface area (Å²) in [4.78, 5) is -0.0504. The second-order valence-corrected chi connectivity index (χ2v) is 9.13. The molecule has 8 heteroatoms. The van der Waals surface area contributed by atoms with Crippen molar-refractivity contribution in [1.29, 1.82) is 0 Å². The first-order valence-electron chi connectivity index (χ1n) is 6.23. The first-order chi connectivity index (χ1) is 9.26. The van der Waals surface area contributed by atoms with E-state index in [9.17, 15) is 16.8 Å². The quantitative estimate of drug-likeness (QED) is 0.816. The Morgan fingerprint density at radius 2 is 2.10 bits per heavy atom. The average molecular weight is 319 g/mol. The Labute approximate surface area is 118 Å². The van der Waals surface area contributed by atoms with E-state index in [1.54, 1.807) is 13.0 Å². The van der Waals surface area contributed by atoms with Gasteiger partial charge in [-0.1, -0.05) is 0 Å². The molecule has 112 valence electrons. The molecular formula is C12H17NO5S2. The summed E-state index contributed by atoms with van der Waals surface area (Å²) in [6.45, 7) is 2.19. The summed E-state index contributed by atoms with van der Waals surface area (Å²) < 4.78 is 53.2. The van der Waals surface area contributed by atoms with Crippen LogP contribution >= 0.6 is 0 Å². The molecule has 20 heavy (non-hydrogen) atoms. The molecule has 0 bridgehead atoms. The van der Waals surface area contributed by atoms with Crippen LogP contribution in [-0.2, 0) is 19.7 Å². The van der Waals surface area contributed by atoms with Crippen LogP contribution in [0, 0.1) is 0 Å². The Hall–Kier alpha value is -1.28. The summed E-state index contributed by atoms with van der Waals surface area (Å²) in [5, 5.41) is -0.924. The first-order valence-corrected chi connectivity index (χ1v) is 9.59. The van der Waals surface area contributed by atoms with Gasteiger partial charge in [0.05, 0.1) is 33.9 Å². The van der Waals surface area contributed by atoms with Crippen LogP contribution in [0.2, 0.25) is 0 Å². The van der Waals surface area contributed by atoms with Crippen molar-refractivity contribution in [2.75, 3.05) is 23.8 Å². The van der Waals surface area contributed by atoms with E-state index in [2.05, 4.69) is 0 Å². The van der Waals surface area contributed by atoms with E-state index in [0.717, 1.165) is 0 Å². The largest absolute Gasteiger partial charge is 0.494 e. The number of rotatable bonds is 4. The minimum absolute atomic E-state index is 0.0504. The fourth-order valence-electron chi connectivity index (χ4n) is 2.20. The van der Waals surface area contributed by atoms with Crippen molar-refractivity contribution in [3.05, 3.63) is 18.2 Å². The Bertz CT molecular complexity index is 709. The van der Waals surface area contributed by atoms with Crippen molar-refractivity contribution in [2.24, 2.45) is 0 Å². The van der Waals surface area contributed by atoms with Crippen molar-refractivity contribution in [3.8, 4) is 5.75 Å². The summed E-state index contributed by atoms with van der Waals surface area (Å²) in [6.07, 6.45) is 0.114. The van der Waals surface area contributed by atoms with E-state index in [1.807, 2.05) is 0 Å². The predicted octanol–water partition coefficient (Wildman–Crippen LogP) is 0.628. The predicted molar refractivity (Wildman–Crippen MR) is 76.3 cm³/mol. The van der Waals surface area contributed by atoms with Crippen LogP contribution in [0.15, 0.2) is 23.1 Å². The van der Waals surface area contributed by atoms with E-state index >= 15 is 0 Å². The summed E-state index contributed by atoms with van der Waals surface area (Å²) in [5.74, 6) is -0.0311. The monoisotopic (exact) mass is 319 g/mol. The third-order valence-electron chi connectivity index (χ3n) is 3.23. The highest BCUT2D eigenvalue weighted by Crippen LogP contribution is 2.31. The average Bonchev–Trinajstić information content (AvgIpc) is 2.73. The Balaban J connectivity index is 2.42. The molecule has 0 spiro atoms. The standard InChI is InChI=1S/C12H17NO5S2/c1-2-18-9-3-4-11(13)12(7-9)20(16,17)10-5-6-19(14,15)8-10/h3-4,7,10H,2,5-6,8,13H2,1H3. The zero-order valence-electron chi connectivity index (χ0n) is 11.1. The highest BCUT2D eigenvalue weighted by molar-refractivity contribution is 7.96. The Morgan fingerprint density at radius 3 is 2.65 bits per heavy atom. The van der Waals surface area contributed by atoms with Crippen LogP contribution in [0.1, 0.15) is 13.3 Å². The van der Waals surface area contributed by atoms with Gasteiger partial charge in [0.15, 0.2) is 19.7 Å². The molecule has 0 aromatic heterocycles. The van der Waals surface area contributed by atoms with Crippen LogP contribution in [0.4, 0.5) is 5.69 Å². The lowest BCUT2D eigenvalue weighted by molar-refractivity contribution is 0.339. The number of benzene rings is 1. The molecule has 1 heterocycles. The van der Waals surface area contributed by atoms with Gasteiger partial charge in [-0.05, 0) is 25.5 Å². The molecule has 6 nitrogen and oxygen atoms in total. The maximum atomic E-state index is 12.5. The topological polar surface area (TPSA) is 104 Å². The van der Waals surface area contributed by atoms with Crippen LogP contribution < -0.4 is 10.5 Å². The van der Waals surface area contributed by atoms with Crippen molar-refractivity contribution in [3.63, 3.8) is 0 Å². The molecule has 0 saturated carbocycles. The Kier molecular flexibility index (Phi) is 3.97. The summed E-state index contributed by atoms with van der Waals surface area (Å²) >= 11 is 0. The minimum Gasteiger partial charge on any atom is -0.494 e. The van der Waals surface area contributed by atoms with Gasteiger partial charge in [-0.25, -0.2) is 16.8 Å². The zero-order valence-corrected chi connectivity index (χ0v) is 12.7. The van der Waals surface area contributed by atoms with Gasteiger partial charge in [-0.3, -0.25) is 0 Å². The molecule has 1 aliphatic rings. The summed E-state index contributed by atoms with van der Waals surface area (Å²) in [7, 11) is -7.04. The Morgan fingerprint density at radius 1 is 1.40 bits per heavy atom. The van der Waals surface area contributed by atoms with Gasteiger partial charge in [0.2, 0.25) is 0 Å². The van der Waals surface area contributed by atoms with E-state index in [-0.39, 0.29) is 28.5 Å². The lowest BCUT2D eigenvalue weighted by atomic mass is 10.3. The van der Waals surface area contributed by atoms with Crippen molar-refractivity contribution in [1.82, 2.24) is 0 Å². The van der Waals surface area contributed by atoms with E-state index < -0.39 is 24.9 Å². The molecule has 1 aromatic carbocycles. The van der Waals surface area contributed by atoms with Gasteiger partial charge in [0.25, 0.3) is 0 Å². The molecule has 0 aliphatic carbocycles. The van der Waals surface area contributed by atoms with E-state index in [0.29, 0.717) is 12.4 Å². The zero-order chi connectivity index (χ0) is 15.0. The van der Waals surface area contributed by atoms with Crippen molar-refractivity contribution >= 4 is 25.4 Å². The van der Waals surface area contributed by atoms with Crippen LogP contribution in [0.3, 0.4) is 0 Å². The number of anilines is 1. The second kappa shape index (κ2) is 5.25. The van der Waals surface area contributed by atoms with Gasteiger partial charge in [0, 0.05) is 6.07 Å². The molecule has 1 atom stereocenters. The highest BCUT2D eigenvalue weighted by atomic mass is 32.2. The third-order valence-corrected chi connectivity index (χ3v) is 7.46. The normalized spacial score (nSPS) is 21.8. The molecule has 2 rings (SSSR count). The van der Waals surface area contributed by atoms with E-state index in [1.165, 1.54) is 12.1 Å². The number of hydrogen-bond donors (Lipinski definition) is 1. The SMILES string of the molecule is CCOc1ccc(N)c(S(=O)(=O)C2CCS(=O)(=O)C2)c1. The first kappa shape index (κ1) is 15.1. The molecule has 1 aliphatic heterocycles. The van der Waals surface area contributed by atoms with Crippen LogP contribution in [-0.4, -0.2) is 40.2 Å². The van der Waals surface area contributed by atoms with Gasteiger partial charge < -0.3 is 10.5 Å². The highest BCUT2D eigenvalue weighted by Gasteiger charge is 2.38. The molecular weight excluding hydrogens is 302 g/mol. The van der Waals surface area contributed by atoms with Crippen molar-refractivity contribution < 1.29 is 21.6 Å². The van der Waals surface area contributed by atoms with Gasteiger partial charge in [-0.2, -0.15) is 0 Å². The summed E-state index contributed by atoms with van der Waals surface area (Å²) in [6, 6.07) is 4.41. The molecule has 1 aromatic rings. The lowest BCUT2D eigenvalue weighted by Gasteiger charge is -2.13. The number of sulfone groups is 2. The number of nitrogens with two attached hydrogens (primary N) is 1. The van der Waals surface area contributed by atoms with Gasteiger partial charge >= 0.3 is 0 Å². The molecule has 1 unspecified atom stereocenters. The summed E-state index contributed by atoms with van der Waals surface area (Å²) in [5.41, 5.74) is 5.83. The number of hydrogen-bond acceptors (Lipinski definition) is 6. The molecule has 0 amide bonds. The number of ether oxygens (including phenoxy) is 1. The van der Waals surface area contributed by atoms with Crippen LogP contribution in [0.25, 0.3) is 0 Å². The molecule has 1 fully saturated rings. The molecule has 2 N–H and O–H groups in total. The smallest absolute Gasteiger partial charge is 0.184 e.